The molecule has 2 heterocycles. The van der Waals surface area contributed by atoms with Gasteiger partial charge in [0.1, 0.15) is 11.4 Å². The Bertz CT molecular complexity index is 1040. The molecule has 0 amide bonds. The highest BCUT2D eigenvalue weighted by Crippen LogP contribution is 2.43. The maximum absolute atomic E-state index is 14.5. The molecule has 170 valence electrons. The van der Waals surface area contributed by atoms with Gasteiger partial charge < -0.3 is 14.6 Å². The Kier molecular flexibility index (Phi) is 5.85. The third kappa shape index (κ3) is 4.88. The van der Waals surface area contributed by atoms with Crippen LogP contribution in [0.4, 0.5) is 17.6 Å². The maximum atomic E-state index is 14.5. The highest BCUT2D eigenvalue weighted by atomic mass is 19.4. The normalized spacial score (nSPS) is 17.9. The summed E-state index contributed by atoms with van der Waals surface area (Å²) in [6.07, 6.45) is -1.55. The third-order valence-electron chi connectivity index (χ3n) is 5.59. The number of fused-ring (bicyclic) bond motifs is 1. The van der Waals surface area contributed by atoms with Crippen LogP contribution >= 0.6 is 0 Å². The van der Waals surface area contributed by atoms with Crippen molar-refractivity contribution in [2.75, 3.05) is 26.2 Å². The minimum Gasteiger partial charge on any atom is -0.482 e. The second-order valence-corrected chi connectivity index (χ2v) is 7.94. The monoisotopic (exact) mass is 451 g/mol. The van der Waals surface area contributed by atoms with E-state index < -0.39 is 35.9 Å². The summed E-state index contributed by atoms with van der Waals surface area (Å²) in [5.41, 5.74) is 1.26. The first kappa shape index (κ1) is 22.1. The molecule has 0 aliphatic carbocycles. The van der Waals surface area contributed by atoms with E-state index in [0.29, 0.717) is 42.8 Å². The molecule has 1 spiro atoms. The fourth-order valence-corrected chi connectivity index (χ4v) is 4.08. The van der Waals surface area contributed by atoms with E-state index in [1.54, 1.807) is 0 Å². The smallest absolute Gasteiger partial charge is 0.422 e. The van der Waals surface area contributed by atoms with Crippen molar-refractivity contribution in [1.29, 1.82) is 0 Å². The number of nitrogens with zero attached hydrogens (tertiary/aromatic N) is 1. The molecule has 2 aromatic carbocycles. The van der Waals surface area contributed by atoms with Gasteiger partial charge in [0.05, 0.1) is 6.54 Å². The van der Waals surface area contributed by atoms with E-state index in [9.17, 15) is 22.4 Å². The number of carbonyl (C=O) groups is 1. The van der Waals surface area contributed by atoms with E-state index in [2.05, 4.69) is 4.74 Å². The van der Waals surface area contributed by atoms with Gasteiger partial charge >= 0.3 is 12.1 Å². The Morgan fingerprint density at radius 1 is 1.16 bits per heavy atom. The van der Waals surface area contributed by atoms with Crippen LogP contribution in [-0.4, -0.2) is 54.0 Å². The average Bonchev–Trinajstić information content (AvgIpc) is 2.73. The number of carboxylic acids is 1. The summed E-state index contributed by atoms with van der Waals surface area (Å²) in [5.74, 6) is -1.63. The molecule has 5 nitrogen and oxygen atoms in total. The number of hydrogen-bond acceptors (Lipinski definition) is 4. The van der Waals surface area contributed by atoms with Crippen molar-refractivity contribution >= 4 is 11.5 Å². The second kappa shape index (κ2) is 8.46. The lowest BCUT2D eigenvalue weighted by atomic mass is 9.83. The van der Waals surface area contributed by atoms with Gasteiger partial charge in [0.2, 0.25) is 0 Å². The maximum Gasteiger partial charge on any atom is 0.422 e. The Hall–Kier alpha value is -3.07. The predicted octanol–water partition coefficient (Wildman–Crippen LogP) is 4.51. The van der Waals surface area contributed by atoms with Gasteiger partial charge in [0.15, 0.2) is 18.2 Å². The summed E-state index contributed by atoms with van der Waals surface area (Å²) in [4.78, 5) is 12.8. The van der Waals surface area contributed by atoms with Crippen molar-refractivity contribution in [3.8, 4) is 11.5 Å². The van der Waals surface area contributed by atoms with Crippen LogP contribution in [0.15, 0.2) is 48.5 Å². The number of piperidine rings is 1. The zero-order chi connectivity index (χ0) is 22.9. The van der Waals surface area contributed by atoms with Gasteiger partial charge in [-0.1, -0.05) is 24.3 Å². The molecule has 0 unspecified atom stereocenters. The highest BCUT2D eigenvalue weighted by molar-refractivity contribution is 5.85. The predicted molar refractivity (Wildman–Crippen MR) is 108 cm³/mol. The molecular weight excluding hydrogens is 430 g/mol. The van der Waals surface area contributed by atoms with E-state index in [0.717, 1.165) is 11.6 Å². The zero-order valence-electron chi connectivity index (χ0n) is 17.0. The van der Waals surface area contributed by atoms with Crippen molar-refractivity contribution < 1.29 is 36.9 Å². The number of carboxylic acid groups (broad SMARTS) is 1. The Balaban J connectivity index is 1.64. The Morgan fingerprint density at radius 2 is 1.88 bits per heavy atom. The molecule has 2 aliphatic heterocycles. The average molecular weight is 451 g/mol. The summed E-state index contributed by atoms with van der Waals surface area (Å²) in [5, 5.41) is 9.03. The Labute approximate surface area is 181 Å². The number of rotatable bonds is 5. The molecule has 0 aromatic heterocycles. The quantitative estimate of drug-likeness (QED) is 0.678. The fraction of sp³-hybridized carbons (Fsp3) is 0.348. The minimum absolute atomic E-state index is 0.0478. The highest BCUT2D eigenvalue weighted by Gasteiger charge is 2.39. The largest absolute Gasteiger partial charge is 0.482 e. The SMILES string of the molecule is O=C(O)CN1CCC2(C=C(c3ccc(OCC(F)(F)F)c(F)c3)c3ccccc3O2)CC1. The van der Waals surface area contributed by atoms with Gasteiger partial charge in [-0.05, 0) is 35.4 Å². The summed E-state index contributed by atoms with van der Waals surface area (Å²) >= 11 is 0. The van der Waals surface area contributed by atoms with Gasteiger partial charge in [0, 0.05) is 31.5 Å². The molecule has 4 rings (SSSR count). The van der Waals surface area contributed by atoms with E-state index in [1.165, 1.54) is 12.1 Å². The van der Waals surface area contributed by atoms with Crippen molar-refractivity contribution in [1.82, 2.24) is 4.90 Å². The molecule has 2 aromatic rings. The van der Waals surface area contributed by atoms with E-state index in [-0.39, 0.29) is 6.54 Å². The van der Waals surface area contributed by atoms with Crippen LogP contribution in [0.25, 0.3) is 5.57 Å². The van der Waals surface area contributed by atoms with Crippen LogP contribution in [0, 0.1) is 5.82 Å². The van der Waals surface area contributed by atoms with Gasteiger partial charge in [-0.2, -0.15) is 13.2 Å². The topological polar surface area (TPSA) is 59.0 Å². The number of para-hydroxylation sites is 1. The van der Waals surface area contributed by atoms with Crippen molar-refractivity contribution in [3.05, 3.63) is 65.5 Å². The summed E-state index contributed by atoms with van der Waals surface area (Å²) in [6.45, 7) is -0.569. The van der Waals surface area contributed by atoms with Crippen molar-refractivity contribution in [2.24, 2.45) is 0 Å². The van der Waals surface area contributed by atoms with Crippen LogP contribution in [-0.2, 0) is 4.79 Å². The number of alkyl halides is 3. The molecule has 0 bridgehead atoms. The van der Waals surface area contributed by atoms with Gasteiger partial charge in [-0.15, -0.1) is 0 Å². The van der Waals surface area contributed by atoms with Crippen LogP contribution < -0.4 is 9.47 Å². The second-order valence-electron chi connectivity index (χ2n) is 7.94. The lowest BCUT2D eigenvalue weighted by molar-refractivity contribution is -0.153. The standard InChI is InChI=1S/C23H21F4NO4/c24-18-11-15(5-6-20(18)31-14-23(25,26)27)17-12-22(32-19-4-2-1-3-16(17)19)7-9-28(10-8-22)13-21(29)30/h1-6,11-12H,7-10,13-14H2,(H,29,30). The summed E-state index contributed by atoms with van der Waals surface area (Å²) in [7, 11) is 0. The zero-order valence-corrected chi connectivity index (χ0v) is 17.0. The van der Waals surface area contributed by atoms with E-state index in [4.69, 9.17) is 9.84 Å². The lowest BCUT2D eigenvalue weighted by Gasteiger charge is -2.42. The van der Waals surface area contributed by atoms with Crippen molar-refractivity contribution in [3.63, 3.8) is 0 Å². The molecule has 9 heteroatoms. The third-order valence-corrected chi connectivity index (χ3v) is 5.59. The first-order valence-electron chi connectivity index (χ1n) is 10.1. The first-order valence-corrected chi connectivity index (χ1v) is 10.1. The Morgan fingerprint density at radius 3 is 2.53 bits per heavy atom. The molecule has 32 heavy (non-hydrogen) atoms. The van der Waals surface area contributed by atoms with Crippen LogP contribution in [0.2, 0.25) is 0 Å². The molecular formula is C23H21F4NO4. The molecule has 1 fully saturated rings. The molecule has 0 atom stereocenters. The van der Waals surface area contributed by atoms with Crippen LogP contribution in [0.1, 0.15) is 24.0 Å². The van der Waals surface area contributed by atoms with Gasteiger partial charge in [0.25, 0.3) is 0 Å². The molecule has 1 N–H and O–H groups in total. The molecule has 2 aliphatic rings. The molecule has 0 saturated carbocycles. The van der Waals surface area contributed by atoms with E-state index in [1.807, 2.05) is 35.2 Å². The van der Waals surface area contributed by atoms with Crippen LogP contribution in [0.5, 0.6) is 11.5 Å². The number of likely N-dealkylation sites (tertiary alicyclic amines) is 1. The summed E-state index contributed by atoms with van der Waals surface area (Å²) in [6, 6.07) is 11.2. The number of hydrogen-bond donors (Lipinski definition) is 1. The fourth-order valence-electron chi connectivity index (χ4n) is 4.08. The first-order chi connectivity index (χ1) is 15.1. The number of halogens is 4. The molecule has 1 saturated heterocycles. The van der Waals surface area contributed by atoms with Crippen molar-refractivity contribution in [2.45, 2.75) is 24.6 Å². The van der Waals surface area contributed by atoms with E-state index >= 15 is 0 Å². The number of benzene rings is 2. The number of ether oxygens (including phenoxy) is 2. The molecule has 0 radical (unpaired) electrons. The number of aliphatic carboxylic acids is 1. The van der Waals surface area contributed by atoms with Gasteiger partial charge in [-0.25, -0.2) is 4.39 Å². The summed E-state index contributed by atoms with van der Waals surface area (Å²) < 4.78 is 62.6. The lowest BCUT2D eigenvalue weighted by Crippen LogP contribution is -2.49. The van der Waals surface area contributed by atoms with Crippen LogP contribution in [0.3, 0.4) is 0 Å². The van der Waals surface area contributed by atoms with Gasteiger partial charge in [-0.3, -0.25) is 9.69 Å². The minimum atomic E-state index is -4.56.